The maximum atomic E-state index is 12.3. The molecule has 7 nitrogen and oxygen atoms in total. The summed E-state index contributed by atoms with van der Waals surface area (Å²) in [5, 5.41) is 0. The molecule has 0 amide bonds. The molecule has 140 valence electrons. The molecule has 0 radical (unpaired) electrons. The van der Waals surface area contributed by atoms with Gasteiger partial charge in [-0.25, -0.2) is 4.79 Å². The van der Waals surface area contributed by atoms with Crippen LogP contribution in [-0.4, -0.2) is 39.4 Å². The Morgan fingerprint density at radius 1 is 1.04 bits per heavy atom. The lowest BCUT2D eigenvalue weighted by Crippen LogP contribution is -2.13. The lowest BCUT2D eigenvalue weighted by molar-refractivity contribution is -0.136. The molecule has 0 atom stereocenters. The van der Waals surface area contributed by atoms with Gasteiger partial charge in [-0.1, -0.05) is 6.07 Å². The smallest absolute Gasteiger partial charge is 0.331 e. The average molecular weight is 370 g/mol. The van der Waals surface area contributed by atoms with Gasteiger partial charge in [-0.2, -0.15) is 0 Å². The van der Waals surface area contributed by atoms with E-state index in [2.05, 4.69) is 0 Å². The Kier molecular flexibility index (Phi) is 5.61. The van der Waals surface area contributed by atoms with Gasteiger partial charge in [-0.3, -0.25) is 4.79 Å². The van der Waals surface area contributed by atoms with Gasteiger partial charge in [0.1, 0.15) is 11.5 Å². The number of rotatable bonds is 7. The predicted octanol–water partition coefficient (Wildman–Crippen LogP) is 2.87. The van der Waals surface area contributed by atoms with Crippen LogP contribution < -0.4 is 18.9 Å². The highest BCUT2D eigenvalue weighted by Gasteiger charge is 2.15. The molecule has 0 aromatic heterocycles. The van der Waals surface area contributed by atoms with E-state index >= 15 is 0 Å². The predicted molar refractivity (Wildman–Crippen MR) is 96.4 cm³/mol. The van der Waals surface area contributed by atoms with Crippen LogP contribution in [0.2, 0.25) is 0 Å². The second-order valence-electron chi connectivity index (χ2n) is 5.54. The Hall–Kier alpha value is -3.48. The average Bonchev–Trinajstić information content (AvgIpc) is 3.17. The first-order valence-corrected chi connectivity index (χ1v) is 8.10. The van der Waals surface area contributed by atoms with E-state index in [1.165, 1.54) is 20.3 Å². The van der Waals surface area contributed by atoms with Crippen molar-refractivity contribution in [1.29, 1.82) is 0 Å². The number of ether oxygens (including phenoxy) is 5. The van der Waals surface area contributed by atoms with Gasteiger partial charge in [0.15, 0.2) is 18.1 Å². The number of hydrogen-bond donors (Lipinski definition) is 0. The van der Waals surface area contributed by atoms with E-state index in [0.29, 0.717) is 28.6 Å². The van der Waals surface area contributed by atoms with E-state index in [0.717, 1.165) is 5.56 Å². The van der Waals surface area contributed by atoms with Gasteiger partial charge >= 0.3 is 5.97 Å². The van der Waals surface area contributed by atoms with Crippen LogP contribution in [-0.2, 0) is 9.53 Å². The lowest BCUT2D eigenvalue weighted by Gasteiger charge is -2.09. The van der Waals surface area contributed by atoms with Gasteiger partial charge in [0, 0.05) is 12.1 Å². The molecule has 7 heteroatoms. The van der Waals surface area contributed by atoms with Crippen LogP contribution in [0.15, 0.2) is 42.5 Å². The highest BCUT2D eigenvalue weighted by atomic mass is 16.7. The zero-order valence-electron chi connectivity index (χ0n) is 14.9. The van der Waals surface area contributed by atoms with Gasteiger partial charge < -0.3 is 23.7 Å². The molecule has 1 heterocycles. The minimum Gasteiger partial charge on any atom is -0.497 e. The van der Waals surface area contributed by atoms with Crippen LogP contribution in [0.5, 0.6) is 23.0 Å². The van der Waals surface area contributed by atoms with E-state index < -0.39 is 12.6 Å². The minimum atomic E-state index is -0.631. The Morgan fingerprint density at radius 3 is 2.63 bits per heavy atom. The maximum Gasteiger partial charge on any atom is 0.331 e. The van der Waals surface area contributed by atoms with E-state index in [1.54, 1.807) is 42.5 Å². The number of carbonyl (C=O) groups is 2. The fourth-order valence-electron chi connectivity index (χ4n) is 2.47. The summed E-state index contributed by atoms with van der Waals surface area (Å²) in [6.45, 7) is -0.214. The van der Waals surface area contributed by atoms with Crippen molar-refractivity contribution >= 4 is 17.8 Å². The Labute approximate surface area is 156 Å². The number of Topliss-reactive ketones (excluding diaryl/α,β-unsaturated/α-hetero) is 1. The second kappa shape index (κ2) is 8.27. The van der Waals surface area contributed by atoms with Crippen molar-refractivity contribution < 1.29 is 33.3 Å². The number of hydrogen-bond acceptors (Lipinski definition) is 7. The van der Waals surface area contributed by atoms with Gasteiger partial charge in [0.2, 0.25) is 12.6 Å². The van der Waals surface area contributed by atoms with Crippen molar-refractivity contribution in [3.63, 3.8) is 0 Å². The molecule has 0 N–H and O–H groups in total. The molecule has 1 aliphatic heterocycles. The standard InChI is InChI=1S/C20H18O7/c1-23-14-5-6-15(18(10-14)24-2)16(21)11-25-20(22)8-4-13-3-7-17-19(9-13)27-12-26-17/h3-10H,11-12H2,1-2H3/b8-4+. The zero-order chi connectivity index (χ0) is 19.2. The summed E-state index contributed by atoms with van der Waals surface area (Å²) in [5.41, 5.74) is 1.06. The third-order valence-electron chi connectivity index (χ3n) is 3.86. The molecule has 2 aromatic carbocycles. The molecule has 3 rings (SSSR count). The zero-order valence-corrected chi connectivity index (χ0v) is 14.9. The fraction of sp³-hybridized carbons (Fsp3) is 0.200. The van der Waals surface area contributed by atoms with Gasteiger partial charge in [0.05, 0.1) is 19.8 Å². The molecule has 27 heavy (non-hydrogen) atoms. The largest absolute Gasteiger partial charge is 0.497 e. The van der Waals surface area contributed by atoms with Crippen LogP contribution in [0.1, 0.15) is 15.9 Å². The first-order chi connectivity index (χ1) is 13.1. The molecule has 2 aromatic rings. The third-order valence-corrected chi connectivity index (χ3v) is 3.86. The molecule has 0 bridgehead atoms. The van der Waals surface area contributed by atoms with Crippen LogP contribution in [0, 0.1) is 0 Å². The molecular weight excluding hydrogens is 352 g/mol. The maximum absolute atomic E-state index is 12.3. The Bertz CT molecular complexity index is 886. The summed E-state index contributed by atoms with van der Waals surface area (Å²) >= 11 is 0. The van der Waals surface area contributed by atoms with Crippen LogP contribution in [0.3, 0.4) is 0 Å². The van der Waals surface area contributed by atoms with Crippen LogP contribution in [0.25, 0.3) is 6.08 Å². The fourth-order valence-corrected chi connectivity index (χ4v) is 2.47. The quantitative estimate of drug-likeness (QED) is 0.421. The van der Waals surface area contributed by atoms with Gasteiger partial charge in [-0.15, -0.1) is 0 Å². The molecule has 1 aliphatic rings. The summed E-state index contributed by atoms with van der Waals surface area (Å²) in [7, 11) is 2.97. The SMILES string of the molecule is COc1ccc(C(=O)COC(=O)/C=C/c2ccc3c(c2)OCO3)c(OC)c1. The number of carbonyl (C=O) groups excluding carboxylic acids is 2. The Balaban J connectivity index is 1.58. The summed E-state index contributed by atoms with van der Waals surface area (Å²) in [5.74, 6) is 1.19. The molecule has 0 aliphatic carbocycles. The van der Waals surface area contributed by atoms with Crippen molar-refractivity contribution in [2.45, 2.75) is 0 Å². The van der Waals surface area contributed by atoms with Crippen molar-refractivity contribution in [3.8, 4) is 23.0 Å². The topological polar surface area (TPSA) is 80.3 Å². The van der Waals surface area contributed by atoms with Crippen molar-refractivity contribution in [2.24, 2.45) is 0 Å². The molecule has 0 saturated heterocycles. The van der Waals surface area contributed by atoms with Crippen molar-refractivity contribution in [3.05, 3.63) is 53.6 Å². The summed E-state index contributed by atoms with van der Waals surface area (Å²) in [6.07, 6.45) is 2.82. The highest BCUT2D eigenvalue weighted by Crippen LogP contribution is 2.32. The normalized spacial score (nSPS) is 12.1. The highest BCUT2D eigenvalue weighted by molar-refractivity contribution is 6.01. The summed E-state index contributed by atoms with van der Waals surface area (Å²) in [6, 6.07) is 10.1. The first kappa shape index (κ1) is 18.3. The molecule has 0 saturated carbocycles. The van der Waals surface area contributed by atoms with E-state index in [-0.39, 0.29) is 12.6 Å². The number of benzene rings is 2. The number of fused-ring (bicyclic) bond motifs is 1. The van der Waals surface area contributed by atoms with E-state index in [1.807, 2.05) is 0 Å². The van der Waals surface area contributed by atoms with Crippen LogP contribution >= 0.6 is 0 Å². The second-order valence-corrected chi connectivity index (χ2v) is 5.54. The first-order valence-electron chi connectivity index (χ1n) is 8.10. The molecule has 0 unspecified atom stereocenters. The Morgan fingerprint density at radius 2 is 1.85 bits per heavy atom. The third kappa shape index (κ3) is 4.38. The van der Waals surface area contributed by atoms with Crippen LogP contribution in [0.4, 0.5) is 0 Å². The summed E-state index contributed by atoms with van der Waals surface area (Å²) < 4.78 is 25.8. The number of esters is 1. The van der Waals surface area contributed by atoms with E-state index in [4.69, 9.17) is 23.7 Å². The van der Waals surface area contributed by atoms with Crippen molar-refractivity contribution in [2.75, 3.05) is 27.6 Å². The number of methoxy groups -OCH3 is 2. The number of ketones is 1. The van der Waals surface area contributed by atoms with E-state index in [9.17, 15) is 9.59 Å². The molecule has 0 spiro atoms. The monoisotopic (exact) mass is 370 g/mol. The molecule has 0 fully saturated rings. The van der Waals surface area contributed by atoms with Gasteiger partial charge in [0.25, 0.3) is 0 Å². The van der Waals surface area contributed by atoms with Crippen molar-refractivity contribution in [1.82, 2.24) is 0 Å². The minimum absolute atomic E-state index is 0.182. The molecular formula is C20H18O7. The summed E-state index contributed by atoms with van der Waals surface area (Å²) in [4.78, 5) is 24.2. The van der Waals surface area contributed by atoms with Gasteiger partial charge in [-0.05, 0) is 35.9 Å². The lowest BCUT2D eigenvalue weighted by atomic mass is 10.1.